The molecule has 114 valence electrons. The Hall–Kier alpha value is -0.570. The molecule has 3 nitrogen and oxygen atoms in total. The van der Waals surface area contributed by atoms with Crippen LogP contribution in [0, 0.1) is 11.8 Å². The minimum atomic E-state index is -0.580. The third-order valence-corrected chi connectivity index (χ3v) is 4.14. The standard InChI is InChI=1S/C16H33NO2/c1-5-9-11-13(7-3)15(17-19)16(18)14(8-4)12-10-6-2/h13-14,16,18-19H,5-12H2,1-4H3/b17-15+/t13-,14-,16+/m0/s1. The highest BCUT2D eigenvalue weighted by Gasteiger charge is 2.27. The molecule has 0 aliphatic carbocycles. The van der Waals surface area contributed by atoms with Crippen LogP contribution in [-0.2, 0) is 0 Å². The predicted molar refractivity (Wildman–Crippen MR) is 81.8 cm³/mol. The molecular formula is C16H33NO2. The van der Waals surface area contributed by atoms with E-state index in [0.717, 1.165) is 51.4 Å². The summed E-state index contributed by atoms with van der Waals surface area (Å²) >= 11 is 0. The van der Waals surface area contributed by atoms with Crippen molar-refractivity contribution in [3.8, 4) is 0 Å². The highest BCUT2D eigenvalue weighted by Crippen LogP contribution is 2.24. The molecule has 0 radical (unpaired) electrons. The zero-order chi connectivity index (χ0) is 14.7. The Balaban J connectivity index is 4.69. The Kier molecular flexibility index (Phi) is 10.9. The Bertz CT molecular complexity index is 241. The predicted octanol–water partition coefficient (Wildman–Crippen LogP) is 4.61. The van der Waals surface area contributed by atoms with Crippen molar-refractivity contribution < 1.29 is 10.3 Å². The second kappa shape index (κ2) is 11.3. The lowest BCUT2D eigenvalue weighted by Gasteiger charge is -2.26. The van der Waals surface area contributed by atoms with Crippen LogP contribution in [0.5, 0.6) is 0 Å². The van der Waals surface area contributed by atoms with Crippen LogP contribution in [0.4, 0.5) is 0 Å². The zero-order valence-electron chi connectivity index (χ0n) is 13.2. The molecule has 0 unspecified atom stereocenters. The molecule has 0 heterocycles. The summed E-state index contributed by atoms with van der Waals surface area (Å²) in [6.45, 7) is 8.53. The first-order valence-corrected chi connectivity index (χ1v) is 8.05. The van der Waals surface area contributed by atoms with Gasteiger partial charge < -0.3 is 10.3 Å². The van der Waals surface area contributed by atoms with Gasteiger partial charge in [0.15, 0.2) is 0 Å². The Morgan fingerprint density at radius 3 is 1.95 bits per heavy atom. The molecule has 0 bridgehead atoms. The number of hydrogen-bond acceptors (Lipinski definition) is 3. The fraction of sp³-hybridized carbons (Fsp3) is 0.938. The molecule has 0 fully saturated rings. The monoisotopic (exact) mass is 271 g/mol. The largest absolute Gasteiger partial charge is 0.411 e. The average molecular weight is 271 g/mol. The van der Waals surface area contributed by atoms with Gasteiger partial charge in [0.2, 0.25) is 0 Å². The molecule has 0 rings (SSSR count). The normalized spacial score (nSPS) is 17.2. The summed E-state index contributed by atoms with van der Waals surface area (Å²) in [6.07, 6.45) is 7.83. The van der Waals surface area contributed by atoms with E-state index in [2.05, 4.69) is 32.9 Å². The minimum absolute atomic E-state index is 0.218. The van der Waals surface area contributed by atoms with E-state index in [9.17, 15) is 10.3 Å². The van der Waals surface area contributed by atoms with E-state index < -0.39 is 6.10 Å². The number of aliphatic hydroxyl groups is 1. The number of aliphatic hydroxyl groups excluding tert-OH is 1. The van der Waals surface area contributed by atoms with E-state index in [-0.39, 0.29) is 11.8 Å². The average Bonchev–Trinajstić information content (AvgIpc) is 2.44. The fourth-order valence-electron chi connectivity index (χ4n) is 2.69. The summed E-state index contributed by atoms with van der Waals surface area (Å²) in [4.78, 5) is 0. The highest BCUT2D eigenvalue weighted by molar-refractivity contribution is 5.90. The summed E-state index contributed by atoms with van der Waals surface area (Å²) in [6, 6.07) is 0. The molecule has 0 saturated heterocycles. The smallest absolute Gasteiger partial charge is 0.0984 e. The fourth-order valence-corrected chi connectivity index (χ4v) is 2.69. The molecule has 0 spiro atoms. The Morgan fingerprint density at radius 2 is 1.53 bits per heavy atom. The first-order valence-electron chi connectivity index (χ1n) is 8.05. The number of rotatable bonds is 11. The first-order chi connectivity index (χ1) is 9.15. The van der Waals surface area contributed by atoms with Crippen LogP contribution >= 0.6 is 0 Å². The zero-order valence-corrected chi connectivity index (χ0v) is 13.2. The van der Waals surface area contributed by atoms with Gasteiger partial charge in [0.1, 0.15) is 0 Å². The summed E-state index contributed by atoms with van der Waals surface area (Å²) < 4.78 is 0. The third kappa shape index (κ3) is 6.42. The van der Waals surface area contributed by atoms with Crippen LogP contribution in [0.15, 0.2) is 5.16 Å². The van der Waals surface area contributed by atoms with Crippen LogP contribution in [0.1, 0.15) is 79.1 Å². The molecule has 0 amide bonds. The van der Waals surface area contributed by atoms with Crippen LogP contribution in [-0.4, -0.2) is 22.1 Å². The van der Waals surface area contributed by atoms with Gasteiger partial charge in [-0.05, 0) is 25.2 Å². The lowest BCUT2D eigenvalue weighted by Crippen LogP contribution is -2.34. The van der Waals surface area contributed by atoms with Gasteiger partial charge in [-0.25, -0.2) is 0 Å². The molecule has 0 aromatic rings. The van der Waals surface area contributed by atoms with Crippen molar-refractivity contribution in [1.29, 1.82) is 0 Å². The molecule has 0 aromatic heterocycles. The number of hydrogen-bond donors (Lipinski definition) is 2. The van der Waals surface area contributed by atoms with Crippen molar-refractivity contribution in [1.82, 2.24) is 0 Å². The number of oxime groups is 1. The van der Waals surface area contributed by atoms with Crippen molar-refractivity contribution in [2.45, 2.75) is 85.2 Å². The van der Waals surface area contributed by atoms with Crippen LogP contribution in [0.2, 0.25) is 0 Å². The van der Waals surface area contributed by atoms with Gasteiger partial charge in [0.05, 0.1) is 11.8 Å². The molecule has 2 N–H and O–H groups in total. The summed E-state index contributed by atoms with van der Waals surface area (Å²) in [5, 5.41) is 23.3. The van der Waals surface area contributed by atoms with E-state index in [1.165, 1.54) is 0 Å². The van der Waals surface area contributed by atoms with Crippen molar-refractivity contribution in [2.24, 2.45) is 17.0 Å². The van der Waals surface area contributed by atoms with E-state index >= 15 is 0 Å². The van der Waals surface area contributed by atoms with Crippen LogP contribution in [0.3, 0.4) is 0 Å². The molecule has 0 saturated carbocycles. The molecule has 3 atom stereocenters. The van der Waals surface area contributed by atoms with Gasteiger partial charge in [-0.2, -0.15) is 0 Å². The Morgan fingerprint density at radius 1 is 0.947 bits per heavy atom. The topological polar surface area (TPSA) is 52.8 Å². The third-order valence-electron chi connectivity index (χ3n) is 4.14. The molecule has 0 aliphatic rings. The molecular weight excluding hydrogens is 238 g/mol. The van der Waals surface area contributed by atoms with Crippen LogP contribution in [0.25, 0.3) is 0 Å². The second-order valence-electron chi connectivity index (χ2n) is 5.53. The van der Waals surface area contributed by atoms with Gasteiger partial charge in [-0.1, -0.05) is 65.0 Å². The van der Waals surface area contributed by atoms with E-state index in [4.69, 9.17) is 0 Å². The van der Waals surface area contributed by atoms with Gasteiger partial charge in [-0.3, -0.25) is 0 Å². The highest BCUT2D eigenvalue weighted by atomic mass is 16.4. The van der Waals surface area contributed by atoms with Gasteiger partial charge in [0.25, 0.3) is 0 Å². The Labute approximate surface area is 119 Å². The summed E-state index contributed by atoms with van der Waals surface area (Å²) in [7, 11) is 0. The van der Waals surface area contributed by atoms with Crippen LogP contribution < -0.4 is 0 Å². The molecule has 19 heavy (non-hydrogen) atoms. The second-order valence-corrected chi connectivity index (χ2v) is 5.53. The van der Waals surface area contributed by atoms with Crippen molar-refractivity contribution in [2.75, 3.05) is 0 Å². The minimum Gasteiger partial charge on any atom is -0.411 e. The lowest BCUT2D eigenvalue weighted by molar-refractivity contribution is 0.146. The molecule has 3 heteroatoms. The number of unbranched alkanes of at least 4 members (excludes halogenated alkanes) is 2. The van der Waals surface area contributed by atoms with E-state index in [0.29, 0.717) is 5.71 Å². The maximum atomic E-state index is 10.5. The van der Waals surface area contributed by atoms with Gasteiger partial charge >= 0.3 is 0 Å². The SMILES string of the molecule is CCCC[C@H](CC)/C(=N\O)[C@H](O)[C@@H](CC)CCCC. The summed E-state index contributed by atoms with van der Waals surface area (Å²) in [5.41, 5.74) is 0.610. The van der Waals surface area contributed by atoms with Gasteiger partial charge in [-0.15, -0.1) is 0 Å². The van der Waals surface area contributed by atoms with E-state index in [1.54, 1.807) is 0 Å². The molecule has 0 aliphatic heterocycles. The maximum Gasteiger partial charge on any atom is 0.0984 e. The maximum absolute atomic E-state index is 10.5. The number of nitrogens with zero attached hydrogens (tertiary/aromatic N) is 1. The first kappa shape index (κ1) is 18.4. The quantitative estimate of drug-likeness (QED) is 0.327. The van der Waals surface area contributed by atoms with Crippen molar-refractivity contribution >= 4 is 5.71 Å². The van der Waals surface area contributed by atoms with Crippen molar-refractivity contribution in [3.63, 3.8) is 0 Å². The molecule has 0 aromatic carbocycles. The van der Waals surface area contributed by atoms with E-state index in [1.807, 2.05) is 0 Å². The van der Waals surface area contributed by atoms with Crippen molar-refractivity contribution in [3.05, 3.63) is 0 Å². The van der Waals surface area contributed by atoms with Gasteiger partial charge in [0, 0.05) is 5.92 Å². The summed E-state index contributed by atoms with van der Waals surface area (Å²) in [5.74, 6) is 0.442. The lowest BCUT2D eigenvalue weighted by atomic mass is 9.83.